The molecule has 1 aromatic heterocycles. The van der Waals surface area contributed by atoms with Crippen LogP contribution in [0, 0.1) is 0 Å². The van der Waals surface area contributed by atoms with Crippen LogP contribution in [0.25, 0.3) is 0 Å². The van der Waals surface area contributed by atoms with Gasteiger partial charge in [0.25, 0.3) is 11.8 Å². The minimum Gasteiger partial charge on any atom is -0.457 e. The van der Waals surface area contributed by atoms with E-state index in [1.807, 2.05) is 0 Å². The fourth-order valence-corrected chi connectivity index (χ4v) is 2.99. The number of aromatic nitrogens is 1. The molecule has 14 heteroatoms. The first-order chi connectivity index (χ1) is 16.0. The number of anilines is 1. The summed E-state index contributed by atoms with van der Waals surface area (Å²) in [5.74, 6) is -2.06. The van der Waals surface area contributed by atoms with E-state index >= 15 is 0 Å². The van der Waals surface area contributed by atoms with Gasteiger partial charge in [-0.3, -0.25) is 19.7 Å². The molecule has 0 radical (unpaired) electrons. The molecule has 0 saturated carbocycles. The predicted octanol–water partition coefficient (Wildman–Crippen LogP) is 1.88. The predicted molar refractivity (Wildman–Crippen MR) is 126 cm³/mol. The monoisotopic (exact) mass is 513 g/mol. The average molecular weight is 514 g/mol. The quantitative estimate of drug-likeness (QED) is 0.280. The third-order valence-electron chi connectivity index (χ3n) is 3.87. The number of rotatable bonds is 7. The van der Waals surface area contributed by atoms with Crippen molar-refractivity contribution in [3.05, 3.63) is 11.1 Å². The van der Waals surface area contributed by atoms with Crippen LogP contribution in [-0.2, 0) is 33.5 Å². The second-order valence-corrected chi connectivity index (χ2v) is 10.9. The third kappa shape index (κ3) is 8.79. The topological polar surface area (TPSA) is 167 Å². The largest absolute Gasteiger partial charge is 0.457 e. The van der Waals surface area contributed by atoms with Crippen molar-refractivity contribution in [2.24, 2.45) is 5.16 Å². The lowest BCUT2D eigenvalue weighted by Crippen LogP contribution is -2.45. The van der Waals surface area contributed by atoms with Crippen molar-refractivity contribution in [1.82, 2.24) is 15.8 Å². The van der Waals surface area contributed by atoms with E-state index in [0.717, 1.165) is 11.3 Å². The second-order valence-electron chi connectivity index (χ2n) is 10.0. The normalized spacial score (nSPS) is 16.9. The summed E-state index contributed by atoms with van der Waals surface area (Å²) >= 11 is 1.01. The van der Waals surface area contributed by atoms with Gasteiger partial charge in [-0.15, -0.1) is 11.3 Å². The third-order valence-corrected chi connectivity index (χ3v) is 4.63. The number of oxime groups is 1. The fourth-order valence-electron chi connectivity index (χ4n) is 2.31. The van der Waals surface area contributed by atoms with Crippen molar-refractivity contribution < 1.29 is 38.3 Å². The molecule has 3 N–H and O–H groups in total. The van der Waals surface area contributed by atoms with Gasteiger partial charge in [0.2, 0.25) is 5.60 Å². The molecule has 1 aromatic rings. The molecular formula is C21H31N5O8S. The zero-order chi connectivity index (χ0) is 26.6. The smallest absolute Gasteiger partial charge is 0.413 e. The zero-order valence-corrected chi connectivity index (χ0v) is 21.7. The van der Waals surface area contributed by atoms with E-state index in [9.17, 15) is 19.2 Å². The Morgan fingerprint density at radius 3 is 2.29 bits per heavy atom. The molecule has 1 fully saturated rings. The Balaban J connectivity index is 2.28. The maximum absolute atomic E-state index is 13.0. The molecular weight excluding hydrogens is 482 g/mol. The summed E-state index contributed by atoms with van der Waals surface area (Å²) < 4.78 is 10.5. The molecule has 35 heavy (non-hydrogen) atoms. The SMILES string of the molecule is CC(C)(C)OC(=O)Nc1nc(/C(=N/OC(C)(C)C(=O)OC(C)(C)C)C(=O)N[C@H]2CONC2=O)cs1. The number of thiazole rings is 1. The number of nitrogens with one attached hydrogen (secondary N) is 3. The second kappa shape index (κ2) is 10.6. The van der Waals surface area contributed by atoms with E-state index in [-0.39, 0.29) is 23.1 Å². The van der Waals surface area contributed by atoms with Crippen molar-refractivity contribution in [2.45, 2.75) is 78.2 Å². The van der Waals surface area contributed by atoms with E-state index in [1.54, 1.807) is 41.5 Å². The number of nitrogens with zero attached hydrogens (tertiary/aromatic N) is 2. The van der Waals surface area contributed by atoms with Crippen LogP contribution in [0.15, 0.2) is 10.5 Å². The number of carbonyl (C=O) groups is 4. The Hall–Kier alpha value is -3.26. The number of hydroxylamine groups is 1. The van der Waals surface area contributed by atoms with Gasteiger partial charge in [-0.1, -0.05) is 5.16 Å². The summed E-state index contributed by atoms with van der Waals surface area (Å²) in [6.07, 6.45) is -0.733. The molecule has 13 nitrogen and oxygen atoms in total. The molecule has 0 aliphatic carbocycles. The standard InChI is InChI=1S/C21H31N5O8S/c1-19(2,3)32-16(29)21(7,8)34-25-13(15(28)22-11-9-31-26-14(11)27)12-10-35-17(23-12)24-18(30)33-20(4,5)6/h10-11H,9H2,1-8H3,(H,22,28)(H,26,27)(H,23,24,30)/b25-13-/t11-/m0/s1. The molecule has 194 valence electrons. The Morgan fingerprint density at radius 1 is 1.11 bits per heavy atom. The van der Waals surface area contributed by atoms with Crippen LogP contribution < -0.4 is 16.1 Å². The first-order valence-corrected chi connectivity index (χ1v) is 11.5. The summed E-state index contributed by atoms with van der Waals surface area (Å²) in [6.45, 7) is 13.0. The van der Waals surface area contributed by atoms with E-state index in [1.165, 1.54) is 19.2 Å². The van der Waals surface area contributed by atoms with Crippen molar-refractivity contribution >= 4 is 46.1 Å². The molecule has 0 spiro atoms. The van der Waals surface area contributed by atoms with Gasteiger partial charge in [-0.2, -0.15) is 0 Å². The number of esters is 1. The summed E-state index contributed by atoms with van der Waals surface area (Å²) in [7, 11) is 0. The van der Waals surface area contributed by atoms with Crippen molar-refractivity contribution in [1.29, 1.82) is 0 Å². The Morgan fingerprint density at radius 2 is 1.74 bits per heavy atom. The molecule has 1 atom stereocenters. The van der Waals surface area contributed by atoms with Gasteiger partial charge in [0.15, 0.2) is 10.8 Å². The number of hydrogen-bond acceptors (Lipinski definition) is 11. The van der Waals surface area contributed by atoms with E-state index < -0.39 is 46.7 Å². The summed E-state index contributed by atoms with van der Waals surface area (Å²) in [6, 6.07) is -0.968. The van der Waals surface area contributed by atoms with Gasteiger partial charge >= 0.3 is 12.1 Å². The molecule has 2 heterocycles. The highest BCUT2D eigenvalue weighted by Crippen LogP contribution is 2.21. The highest BCUT2D eigenvalue weighted by molar-refractivity contribution is 7.14. The van der Waals surface area contributed by atoms with Crippen LogP contribution in [-0.4, -0.2) is 64.0 Å². The molecule has 3 amide bonds. The number of carbonyl (C=O) groups excluding carboxylic acids is 4. The first-order valence-electron chi connectivity index (χ1n) is 10.6. The van der Waals surface area contributed by atoms with Gasteiger partial charge in [0, 0.05) is 5.38 Å². The fraction of sp³-hybridized carbons (Fsp3) is 0.619. The van der Waals surface area contributed by atoms with E-state index in [2.05, 4.69) is 26.3 Å². The van der Waals surface area contributed by atoms with Crippen molar-refractivity contribution in [3.8, 4) is 0 Å². The molecule has 0 unspecified atom stereocenters. The Kier molecular flexibility index (Phi) is 8.44. The summed E-state index contributed by atoms with van der Waals surface area (Å²) in [5.41, 5.74) is -1.23. The van der Waals surface area contributed by atoms with Gasteiger partial charge in [-0.25, -0.2) is 20.1 Å². The van der Waals surface area contributed by atoms with Gasteiger partial charge in [0.05, 0.1) is 0 Å². The van der Waals surface area contributed by atoms with Crippen LogP contribution in [0.2, 0.25) is 0 Å². The maximum atomic E-state index is 13.0. The molecule has 0 bridgehead atoms. The lowest BCUT2D eigenvalue weighted by atomic mass is 10.1. The van der Waals surface area contributed by atoms with Crippen LogP contribution in [0.4, 0.5) is 9.93 Å². The lowest BCUT2D eigenvalue weighted by Gasteiger charge is -2.26. The Bertz CT molecular complexity index is 1010. The number of ether oxygens (including phenoxy) is 2. The Labute approximate surface area is 206 Å². The van der Waals surface area contributed by atoms with Gasteiger partial charge < -0.3 is 19.6 Å². The molecule has 1 aliphatic rings. The first kappa shape index (κ1) is 28.0. The van der Waals surface area contributed by atoms with Crippen molar-refractivity contribution in [2.75, 3.05) is 11.9 Å². The van der Waals surface area contributed by atoms with Crippen LogP contribution in [0.5, 0.6) is 0 Å². The minimum absolute atomic E-state index is 0.0258. The van der Waals surface area contributed by atoms with Gasteiger partial charge in [0.1, 0.15) is 29.5 Å². The number of hydrogen-bond donors (Lipinski definition) is 3. The number of amides is 3. The molecule has 1 saturated heterocycles. The lowest BCUT2D eigenvalue weighted by molar-refractivity contribution is -0.179. The minimum atomic E-state index is -1.56. The summed E-state index contributed by atoms with van der Waals surface area (Å²) in [4.78, 5) is 63.7. The van der Waals surface area contributed by atoms with Crippen LogP contribution in [0.3, 0.4) is 0 Å². The van der Waals surface area contributed by atoms with E-state index in [4.69, 9.17) is 19.1 Å². The summed E-state index contributed by atoms with van der Waals surface area (Å²) in [5, 5.41) is 10.4. The van der Waals surface area contributed by atoms with E-state index in [0.29, 0.717) is 0 Å². The van der Waals surface area contributed by atoms with Crippen LogP contribution >= 0.6 is 11.3 Å². The van der Waals surface area contributed by atoms with Crippen LogP contribution in [0.1, 0.15) is 61.1 Å². The van der Waals surface area contributed by atoms with Crippen molar-refractivity contribution in [3.63, 3.8) is 0 Å². The van der Waals surface area contributed by atoms with Gasteiger partial charge in [-0.05, 0) is 55.4 Å². The molecule has 1 aliphatic heterocycles. The zero-order valence-electron chi connectivity index (χ0n) is 20.9. The average Bonchev–Trinajstić information content (AvgIpc) is 3.28. The molecule has 0 aromatic carbocycles. The molecule has 2 rings (SSSR count). The highest BCUT2D eigenvalue weighted by Gasteiger charge is 2.36. The highest BCUT2D eigenvalue weighted by atomic mass is 32.1. The maximum Gasteiger partial charge on any atom is 0.413 e.